The molecule has 0 aliphatic rings. The highest BCUT2D eigenvalue weighted by Crippen LogP contribution is 2.28. The Labute approximate surface area is 105 Å². The Morgan fingerprint density at radius 2 is 2.24 bits per heavy atom. The van der Waals surface area contributed by atoms with E-state index in [4.69, 9.17) is 0 Å². The molecular weight excluding hydrogens is 235 g/mol. The van der Waals surface area contributed by atoms with Crippen molar-refractivity contribution in [2.45, 2.75) is 20.4 Å². The van der Waals surface area contributed by atoms with E-state index in [1.807, 2.05) is 13.1 Å². The topological polar surface area (TPSA) is 24.9 Å². The Kier molecular flexibility index (Phi) is 3.86. The van der Waals surface area contributed by atoms with E-state index in [0.717, 1.165) is 29.2 Å². The lowest BCUT2D eigenvalue weighted by molar-refractivity contribution is 0.627. The fourth-order valence-corrected chi connectivity index (χ4v) is 2.60. The molecule has 2 rings (SSSR count). The van der Waals surface area contributed by atoms with Gasteiger partial charge >= 0.3 is 0 Å². The number of halogens is 1. The maximum absolute atomic E-state index is 13.0. The highest BCUT2D eigenvalue weighted by Gasteiger charge is 2.07. The van der Waals surface area contributed by atoms with Gasteiger partial charge in [-0.3, -0.25) is 0 Å². The van der Waals surface area contributed by atoms with Crippen LogP contribution in [0.25, 0.3) is 10.6 Å². The first-order valence-corrected chi connectivity index (χ1v) is 6.44. The van der Waals surface area contributed by atoms with Crippen molar-refractivity contribution in [1.29, 1.82) is 0 Å². The molecule has 0 amide bonds. The second kappa shape index (κ2) is 5.38. The first-order valence-electron chi connectivity index (χ1n) is 5.62. The van der Waals surface area contributed by atoms with Gasteiger partial charge in [-0.15, -0.1) is 11.3 Å². The number of aryl methyl sites for hydroxylation is 1. The van der Waals surface area contributed by atoms with E-state index in [9.17, 15) is 4.39 Å². The minimum Gasteiger partial charge on any atom is -0.312 e. The average molecular weight is 250 g/mol. The lowest BCUT2D eigenvalue weighted by atomic mass is 10.1. The molecule has 0 saturated carbocycles. The zero-order valence-electron chi connectivity index (χ0n) is 9.96. The third-order valence-corrected chi connectivity index (χ3v) is 3.55. The van der Waals surface area contributed by atoms with Crippen LogP contribution in [-0.4, -0.2) is 11.5 Å². The molecule has 0 aliphatic carbocycles. The van der Waals surface area contributed by atoms with Crippen LogP contribution in [0.2, 0.25) is 0 Å². The van der Waals surface area contributed by atoms with Gasteiger partial charge in [0.25, 0.3) is 0 Å². The van der Waals surface area contributed by atoms with Gasteiger partial charge < -0.3 is 5.32 Å². The second-order valence-corrected chi connectivity index (χ2v) is 4.99. The summed E-state index contributed by atoms with van der Waals surface area (Å²) in [6, 6.07) is 4.81. The van der Waals surface area contributed by atoms with Gasteiger partial charge in [-0.05, 0) is 37.2 Å². The number of nitrogens with one attached hydrogen (secondary N) is 1. The number of thiazole rings is 1. The summed E-state index contributed by atoms with van der Waals surface area (Å²) >= 11 is 1.65. The van der Waals surface area contributed by atoms with Crippen molar-refractivity contribution in [3.63, 3.8) is 0 Å². The number of hydrogen-bond donors (Lipinski definition) is 1. The van der Waals surface area contributed by atoms with Crippen LogP contribution < -0.4 is 5.32 Å². The van der Waals surface area contributed by atoms with Gasteiger partial charge in [-0.2, -0.15) is 0 Å². The van der Waals surface area contributed by atoms with E-state index in [1.54, 1.807) is 23.5 Å². The van der Waals surface area contributed by atoms with E-state index in [2.05, 4.69) is 17.2 Å². The molecule has 2 aromatic rings. The molecule has 2 nitrogen and oxygen atoms in total. The molecule has 0 aliphatic heterocycles. The van der Waals surface area contributed by atoms with Crippen LogP contribution in [0.5, 0.6) is 0 Å². The molecular formula is C13H15FN2S. The van der Waals surface area contributed by atoms with Crippen molar-refractivity contribution in [3.05, 3.63) is 40.7 Å². The molecule has 0 unspecified atom stereocenters. The number of nitrogens with zero attached hydrogens (tertiary/aromatic N) is 1. The summed E-state index contributed by atoms with van der Waals surface area (Å²) in [6.07, 6.45) is 1.88. The molecule has 0 fully saturated rings. The van der Waals surface area contributed by atoms with Gasteiger partial charge in [0.1, 0.15) is 10.8 Å². The van der Waals surface area contributed by atoms with Crippen LogP contribution in [0.1, 0.15) is 17.4 Å². The quantitative estimate of drug-likeness (QED) is 0.900. The van der Waals surface area contributed by atoms with Crippen molar-refractivity contribution in [2.75, 3.05) is 6.54 Å². The Morgan fingerprint density at radius 3 is 2.94 bits per heavy atom. The zero-order valence-corrected chi connectivity index (χ0v) is 10.8. The highest BCUT2D eigenvalue weighted by atomic mass is 32.1. The summed E-state index contributed by atoms with van der Waals surface area (Å²) in [4.78, 5) is 5.59. The summed E-state index contributed by atoms with van der Waals surface area (Å²) in [7, 11) is 0. The molecule has 4 heteroatoms. The van der Waals surface area contributed by atoms with Crippen LogP contribution >= 0.6 is 11.3 Å². The number of rotatable bonds is 4. The van der Waals surface area contributed by atoms with Gasteiger partial charge in [-0.25, -0.2) is 9.37 Å². The fourth-order valence-electron chi connectivity index (χ4n) is 1.63. The molecule has 0 bridgehead atoms. The van der Waals surface area contributed by atoms with Gasteiger partial charge in [0.05, 0.1) is 0 Å². The third kappa shape index (κ3) is 2.90. The van der Waals surface area contributed by atoms with E-state index >= 15 is 0 Å². The summed E-state index contributed by atoms with van der Waals surface area (Å²) in [5.41, 5.74) is 1.94. The van der Waals surface area contributed by atoms with Gasteiger partial charge in [0, 0.05) is 23.2 Å². The van der Waals surface area contributed by atoms with Crippen molar-refractivity contribution in [1.82, 2.24) is 10.3 Å². The minimum atomic E-state index is -0.198. The zero-order chi connectivity index (χ0) is 12.3. The normalized spacial score (nSPS) is 10.8. The lowest BCUT2D eigenvalue weighted by Gasteiger charge is -2.01. The number of aromatic nitrogens is 1. The molecule has 17 heavy (non-hydrogen) atoms. The molecule has 0 radical (unpaired) electrons. The van der Waals surface area contributed by atoms with Crippen LogP contribution in [0.15, 0.2) is 24.4 Å². The highest BCUT2D eigenvalue weighted by molar-refractivity contribution is 7.15. The standard InChI is InChI=1S/C13H15FN2S/c1-3-15-7-11-8-16-13(17-11)12-5-4-10(14)6-9(12)2/h4-6,8,15H,3,7H2,1-2H3. The van der Waals surface area contributed by atoms with Crippen LogP contribution in [0, 0.1) is 12.7 Å². The first-order chi connectivity index (χ1) is 8.20. The van der Waals surface area contributed by atoms with Gasteiger partial charge in [0.15, 0.2) is 0 Å². The summed E-state index contributed by atoms with van der Waals surface area (Å²) < 4.78 is 13.0. The Hall–Kier alpha value is -1.26. The molecule has 0 atom stereocenters. The fraction of sp³-hybridized carbons (Fsp3) is 0.308. The van der Waals surface area contributed by atoms with Gasteiger partial charge in [0.2, 0.25) is 0 Å². The van der Waals surface area contributed by atoms with Crippen molar-refractivity contribution >= 4 is 11.3 Å². The Balaban J connectivity index is 2.24. The Morgan fingerprint density at radius 1 is 1.41 bits per heavy atom. The van der Waals surface area contributed by atoms with Crippen LogP contribution in [0.3, 0.4) is 0 Å². The SMILES string of the molecule is CCNCc1cnc(-c2ccc(F)cc2C)s1. The molecule has 1 aromatic heterocycles. The third-order valence-electron chi connectivity index (χ3n) is 2.52. The van der Waals surface area contributed by atoms with Gasteiger partial charge in [-0.1, -0.05) is 6.92 Å². The molecule has 1 heterocycles. The molecule has 0 saturated heterocycles. The van der Waals surface area contributed by atoms with E-state index in [0.29, 0.717) is 0 Å². The largest absolute Gasteiger partial charge is 0.312 e. The van der Waals surface area contributed by atoms with E-state index < -0.39 is 0 Å². The second-order valence-electron chi connectivity index (χ2n) is 3.87. The van der Waals surface area contributed by atoms with E-state index in [1.165, 1.54) is 10.9 Å². The van der Waals surface area contributed by atoms with Crippen LogP contribution in [0.4, 0.5) is 4.39 Å². The monoisotopic (exact) mass is 250 g/mol. The first kappa shape index (κ1) is 12.2. The molecule has 1 N–H and O–H groups in total. The molecule has 1 aromatic carbocycles. The Bertz CT molecular complexity index is 508. The van der Waals surface area contributed by atoms with E-state index in [-0.39, 0.29) is 5.82 Å². The lowest BCUT2D eigenvalue weighted by Crippen LogP contribution is -2.10. The maximum atomic E-state index is 13.0. The predicted octanol–water partition coefficient (Wildman–Crippen LogP) is 3.37. The summed E-state index contributed by atoms with van der Waals surface area (Å²) in [5, 5.41) is 4.22. The van der Waals surface area contributed by atoms with Crippen LogP contribution in [-0.2, 0) is 6.54 Å². The summed E-state index contributed by atoms with van der Waals surface area (Å²) in [6.45, 7) is 5.77. The minimum absolute atomic E-state index is 0.198. The maximum Gasteiger partial charge on any atom is 0.123 e. The average Bonchev–Trinajstić information content (AvgIpc) is 2.75. The predicted molar refractivity (Wildman–Crippen MR) is 69.6 cm³/mol. The number of hydrogen-bond acceptors (Lipinski definition) is 3. The summed E-state index contributed by atoms with van der Waals surface area (Å²) in [5.74, 6) is -0.198. The van der Waals surface area contributed by atoms with Crippen molar-refractivity contribution < 1.29 is 4.39 Å². The van der Waals surface area contributed by atoms with Crippen molar-refractivity contribution in [2.24, 2.45) is 0 Å². The molecule has 90 valence electrons. The smallest absolute Gasteiger partial charge is 0.123 e. The molecule has 0 spiro atoms. The van der Waals surface area contributed by atoms with Crippen molar-refractivity contribution in [3.8, 4) is 10.6 Å². The number of benzene rings is 1.